The van der Waals surface area contributed by atoms with E-state index in [2.05, 4.69) is 45.6 Å². The van der Waals surface area contributed by atoms with Gasteiger partial charge in [-0.05, 0) is 31.6 Å². The summed E-state index contributed by atoms with van der Waals surface area (Å²) >= 11 is 0. The predicted octanol–water partition coefficient (Wildman–Crippen LogP) is 3.41. The van der Waals surface area contributed by atoms with E-state index in [1.54, 1.807) is 0 Å². The first-order valence-electron chi connectivity index (χ1n) is 5.96. The van der Waals surface area contributed by atoms with Crippen LogP contribution in [0.5, 0.6) is 0 Å². The molecule has 0 radical (unpaired) electrons. The zero-order valence-electron chi connectivity index (χ0n) is 10.1. The van der Waals surface area contributed by atoms with Crippen molar-refractivity contribution in [1.82, 2.24) is 14.4 Å². The number of benzene rings is 1. The van der Waals surface area contributed by atoms with Crippen LogP contribution < -0.4 is 0 Å². The van der Waals surface area contributed by atoms with Gasteiger partial charge < -0.3 is 4.98 Å². The molecule has 2 aromatic heterocycles. The summed E-state index contributed by atoms with van der Waals surface area (Å²) in [6.45, 7) is 4.19. The summed E-state index contributed by atoms with van der Waals surface area (Å²) in [5, 5.41) is 0. The fourth-order valence-electron chi connectivity index (χ4n) is 2.29. The molecule has 0 saturated heterocycles. The fourth-order valence-corrected chi connectivity index (χ4v) is 2.29. The van der Waals surface area contributed by atoms with Crippen LogP contribution in [0.2, 0.25) is 0 Å². The third-order valence-electron chi connectivity index (χ3n) is 3.05. The molecule has 0 atom stereocenters. The van der Waals surface area contributed by atoms with Gasteiger partial charge in [0, 0.05) is 5.69 Å². The van der Waals surface area contributed by atoms with E-state index in [9.17, 15) is 0 Å². The van der Waals surface area contributed by atoms with Crippen LogP contribution >= 0.6 is 0 Å². The van der Waals surface area contributed by atoms with Gasteiger partial charge in [-0.25, -0.2) is 4.98 Å². The van der Waals surface area contributed by atoms with Gasteiger partial charge in [-0.15, -0.1) is 0 Å². The summed E-state index contributed by atoms with van der Waals surface area (Å²) < 4.78 is 2.19. The Morgan fingerprint density at radius 1 is 1.35 bits per heavy atom. The Balaban J connectivity index is 2.46. The first kappa shape index (κ1) is 10.1. The van der Waals surface area contributed by atoms with E-state index >= 15 is 0 Å². The number of hydrogen-bond donors (Lipinski definition) is 1. The van der Waals surface area contributed by atoms with E-state index in [1.807, 2.05) is 19.1 Å². The first-order chi connectivity index (χ1) is 8.35. The largest absolute Gasteiger partial charge is 0.327 e. The molecule has 0 aliphatic rings. The van der Waals surface area contributed by atoms with Gasteiger partial charge in [0.05, 0.1) is 16.7 Å². The Morgan fingerprint density at radius 2 is 2.18 bits per heavy atom. The highest BCUT2D eigenvalue weighted by molar-refractivity contribution is 5.81. The van der Waals surface area contributed by atoms with E-state index < -0.39 is 0 Å². The SMILES string of the molecule is C/C=C\c1c(CC)[nH]c2nc3ccccc3n12. The lowest BCUT2D eigenvalue weighted by molar-refractivity contribution is 1.06. The molecule has 3 nitrogen and oxygen atoms in total. The van der Waals surface area contributed by atoms with Crippen LogP contribution in [0.15, 0.2) is 30.3 Å². The van der Waals surface area contributed by atoms with Crippen LogP contribution in [0, 0.1) is 0 Å². The lowest BCUT2D eigenvalue weighted by Crippen LogP contribution is -1.88. The average Bonchev–Trinajstić information content (AvgIpc) is 2.86. The molecule has 1 aromatic carbocycles. The first-order valence-corrected chi connectivity index (χ1v) is 5.96. The quantitative estimate of drug-likeness (QED) is 0.712. The van der Waals surface area contributed by atoms with Crippen molar-refractivity contribution in [2.45, 2.75) is 20.3 Å². The number of aryl methyl sites for hydroxylation is 1. The minimum Gasteiger partial charge on any atom is -0.327 e. The summed E-state index contributed by atoms with van der Waals surface area (Å²) in [6, 6.07) is 8.22. The van der Waals surface area contributed by atoms with E-state index in [-0.39, 0.29) is 0 Å². The molecule has 0 unspecified atom stereocenters. The number of H-pyrrole nitrogens is 1. The van der Waals surface area contributed by atoms with E-state index in [0.717, 1.165) is 23.2 Å². The van der Waals surface area contributed by atoms with E-state index in [0.29, 0.717) is 0 Å². The molecule has 0 bridgehead atoms. The maximum absolute atomic E-state index is 4.60. The summed E-state index contributed by atoms with van der Waals surface area (Å²) in [5.74, 6) is 0.927. The Morgan fingerprint density at radius 3 is 2.94 bits per heavy atom. The minimum absolute atomic E-state index is 0.927. The van der Waals surface area contributed by atoms with Crippen LogP contribution in [0.4, 0.5) is 0 Å². The molecule has 2 heterocycles. The normalized spacial score (nSPS) is 12.1. The number of nitrogens with zero attached hydrogens (tertiary/aromatic N) is 2. The number of nitrogens with one attached hydrogen (secondary N) is 1. The number of aromatic nitrogens is 3. The van der Waals surface area contributed by atoms with Crippen LogP contribution in [0.25, 0.3) is 22.9 Å². The second-order valence-electron chi connectivity index (χ2n) is 4.10. The lowest BCUT2D eigenvalue weighted by Gasteiger charge is -1.97. The zero-order valence-corrected chi connectivity index (χ0v) is 10.1. The lowest BCUT2D eigenvalue weighted by atomic mass is 10.2. The van der Waals surface area contributed by atoms with Crippen molar-refractivity contribution >= 4 is 22.9 Å². The van der Waals surface area contributed by atoms with Crippen LogP contribution in [-0.4, -0.2) is 14.4 Å². The molecule has 86 valence electrons. The van der Waals surface area contributed by atoms with Gasteiger partial charge in [0.15, 0.2) is 0 Å². The fraction of sp³-hybridized carbons (Fsp3) is 0.214. The third-order valence-corrected chi connectivity index (χ3v) is 3.05. The third kappa shape index (κ3) is 1.39. The van der Waals surface area contributed by atoms with Gasteiger partial charge in [0.2, 0.25) is 5.78 Å². The van der Waals surface area contributed by atoms with Crippen molar-refractivity contribution in [3.63, 3.8) is 0 Å². The Labute approximate surface area is 99.8 Å². The molecule has 3 aromatic rings. The number of para-hydroxylation sites is 2. The molecular weight excluding hydrogens is 210 g/mol. The Kier molecular flexibility index (Phi) is 2.25. The monoisotopic (exact) mass is 225 g/mol. The number of fused-ring (bicyclic) bond motifs is 3. The standard InChI is InChI=1S/C14H15N3/c1-3-7-12-10(4-2)15-14-16-11-8-5-6-9-13(11)17(12)14/h3,5-9H,4H2,1-2H3,(H,15,16)/b7-3-. The molecule has 17 heavy (non-hydrogen) atoms. The second kappa shape index (κ2) is 3.77. The number of allylic oxidation sites excluding steroid dienone is 1. The van der Waals surface area contributed by atoms with Gasteiger partial charge in [-0.3, -0.25) is 4.40 Å². The highest BCUT2D eigenvalue weighted by atomic mass is 15.1. The molecule has 0 saturated carbocycles. The summed E-state index contributed by atoms with van der Waals surface area (Å²) in [7, 11) is 0. The highest BCUT2D eigenvalue weighted by Gasteiger charge is 2.12. The second-order valence-corrected chi connectivity index (χ2v) is 4.10. The van der Waals surface area contributed by atoms with Gasteiger partial charge in [-0.1, -0.05) is 25.1 Å². The number of imidazole rings is 2. The molecule has 0 aliphatic carbocycles. The molecule has 3 heteroatoms. The molecule has 0 fully saturated rings. The molecule has 0 spiro atoms. The number of rotatable bonds is 2. The molecule has 0 amide bonds. The minimum atomic E-state index is 0.927. The summed E-state index contributed by atoms with van der Waals surface area (Å²) in [6.07, 6.45) is 5.18. The summed E-state index contributed by atoms with van der Waals surface area (Å²) in [4.78, 5) is 7.99. The predicted molar refractivity (Wildman–Crippen MR) is 71.1 cm³/mol. The molecule has 3 rings (SSSR count). The van der Waals surface area contributed by atoms with Crippen LogP contribution in [0.1, 0.15) is 25.2 Å². The van der Waals surface area contributed by atoms with Gasteiger partial charge in [0.25, 0.3) is 0 Å². The van der Waals surface area contributed by atoms with Crippen molar-refractivity contribution in [1.29, 1.82) is 0 Å². The highest BCUT2D eigenvalue weighted by Crippen LogP contribution is 2.22. The van der Waals surface area contributed by atoms with Crippen LogP contribution in [0.3, 0.4) is 0 Å². The van der Waals surface area contributed by atoms with Gasteiger partial charge in [-0.2, -0.15) is 0 Å². The van der Waals surface area contributed by atoms with Crippen molar-refractivity contribution in [2.24, 2.45) is 0 Å². The molecular formula is C14H15N3. The number of aromatic amines is 1. The average molecular weight is 225 g/mol. The maximum Gasteiger partial charge on any atom is 0.213 e. The Bertz CT molecular complexity index is 701. The Hall–Kier alpha value is -2.03. The van der Waals surface area contributed by atoms with Crippen molar-refractivity contribution in [3.05, 3.63) is 41.7 Å². The zero-order chi connectivity index (χ0) is 11.8. The van der Waals surface area contributed by atoms with Gasteiger partial charge >= 0.3 is 0 Å². The number of hydrogen-bond acceptors (Lipinski definition) is 1. The molecule has 1 N–H and O–H groups in total. The van der Waals surface area contributed by atoms with Crippen molar-refractivity contribution < 1.29 is 0 Å². The van der Waals surface area contributed by atoms with Gasteiger partial charge in [0.1, 0.15) is 0 Å². The topological polar surface area (TPSA) is 33.1 Å². The smallest absolute Gasteiger partial charge is 0.213 e. The maximum atomic E-state index is 4.60. The van der Waals surface area contributed by atoms with Crippen molar-refractivity contribution in [2.75, 3.05) is 0 Å². The summed E-state index contributed by atoms with van der Waals surface area (Å²) in [5.41, 5.74) is 4.63. The van der Waals surface area contributed by atoms with Crippen molar-refractivity contribution in [3.8, 4) is 0 Å². The van der Waals surface area contributed by atoms with E-state index in [1.165, 1.54) is 11.4 Å². The van der Waals surface area contributed by atoms with Crippen LogP contribution in [-0.2, 0) is 6.42 Å². The molecule has 0 aliphatic heterocycles. The van der Waals surface area contributed by atoms with E-state index in [4.69, 9.17) is 0 Å².